The summed E-state index contributed by atoms with van der Waals surface area (Å²) in [7, 11) is 0. The highest BCUT2D eigenvalue weighted by Crippen LogP contribution is 2.19. The van der Waals surface area contributed by atoms with Gasteiger partial charge in [-0.15, -0.1) is 0 Å². The lowest BCUT2D eigenvalue weighted by molar-refractivity contribution is -0.161. The number of Topliss-reactive ketones (excluding diaryl/α,β-unsaturated/α-hetero) is 2. The van der Waals surface area contributed by atoms with Crippen LogP contribution in [0.15, 0.2) is 0 Å². The lowest BCUT2D eigenvalue weighted by Gasteiger charge is -2.25. The van der Waals surface area contributed by atoms with E-state index in [9.17, 15) is 19.2 Å². The van der Waals surface area contributed by atoms with E-state index in [1.54, 1.807) is 13.8 Å². The Kier molecular flexibility index (Phi) is 7.72. The third-order valence-corrected chi connectivity index (χ3v) is 2.62. The SMILES string of the molecule is CC(=O)C[C@@H](COC(C)=O)[C@H](OC(C)=O)C(=O)C(C)C. The Hall–Kier alpha value is -1.72. The number of carbonyl (C=O) groups is 4. The van der Waals surface area contributed by atoms with Crippen molar-refractivity contribution in [2.45, 2.75) is 47.1 Å². The normalized spacial score (nSPS) is 13.5. The second kappa shape index (κ2) is 8.45. The summed E-state index contributed by atoms with van der Waals surface area (Å²) in [6.07, 6.45) is -1.07. The van der Waals surface area contributed by atoms with E-state index in [-0.39, 0.29) is 30.5 Å². The molecule has 0 aromatic heterocycles. The molecule has 2 atom stereocenters. The first kappa shape index (κ1) is 18.3. The minimum absolute atomic E-state index is 0.00366. The molecular formula is C14H22O6. The molecule has 0 saturated heterocycles. The Labute approximate surface area is 118 Å². The highest BCUT2D eigenvalue weighted by Gasteiger charge is 2.34. The lowest BCUT2D eigenvalue weighted by Crippen LogP contribution is -2.40. The van der Waals surface area contributed by atoms with Gasteiger partial charge in [0.05, 0.1) is 6.61 Å². The summed E-state index contributed by atoms with van der Waals surface area (Å²) in [5.74, 6) is -2.60. The predicted molar refractivity (Wildman–Crippen MR) is 70.8 cm³/mol. The fraction of sp³-hybridized carbons (Fsp3) is 0.714. The standard InChI is InChI=1S/C14H22O6/c1-8(2)13(18)14(20-11(5)17)12(6-9(3)15)7-19-10(4)16/h8,12,14H,6-7H2,1-5H3/t12-,14-/m0/s1. The van der Waals surface area contributed by atoms with Gasteiger partial charge in [-0.1, -0.05) is 13.8 Å². The molecule has 20 heavy (non-hydrogen) atoms. The van der Waals surface area contributed by atoms with Crippen LogP contribution >= 0.6 is 0 Å². The van der Waals surface area contributed by atoms with Crippen molar-refractivity contribution >= 4 is 23.5 Å². The van der Waals surface area contributed by atoms with Gasteiger partial charge < -0.3 is 14.3 Å². The van der Waals surface area contributed by atoms with Gasteiger partial charge in [-0.25, -0.2) is 0 Å². The number of ketones is 2. The van der Waals surface area contributed by atoms with Crippen LogP contribution in [-0.2, 0) is 28.7 Å². The minimum atomic E-state index is -1.07. The molecule has 6 heteroatoms. The molecule has 0 spiro atoms. The van der Waals surface area contributed by atoms with Crippen molar-refractivity contribution in [3.05, 3.63) is 0 Å². The smallest absolute Gasteiger partial charge is 0.303 e. The van der Waals surface area contributed by atoms with Crippen LogP contribution in [0.2, 0.25) is 0 Å². The molecule has 0 aliphatic rings. The molecule has 0 N–H and O–H groups in total. The van der Waals surface area contributed by atoms with Gasteiger partial charge >= 0.3 is 11.9 Å². The topological polar surface area (TPSA) is 86.7 Å². The number of esters is 2. The van der Waals surface area contributed by atoms with E-state index in [0.717, 1.165) is 0 Å². The van der Waals surface area contributed by atoms with E-state index in [2.05, 4.69) is 0 Å². The van der Waals surface area contributed by atoms with Gasteiger partial charge in [-0.3, -0.25) is 14.4 Å². The summed E-state index contributed by atoms with van der Waals surface area (Å²) in [6.45, 7) is 7.01. The van der Waals surface area contributed by atoms with E-state index in [1.807, 2.05) is 0 Å². The molecule has 0 unspecified atom stereocenters. The largest absolute Gasteiger partial charge is 0.465 e. The van der Waals surface area contributed by atoms with Crippen LogP contribution in [0.4, 0.5) is 0 Å². The van der Waals surface area contributed by atoms with Crippen molar-refractivity contribution in [1.29, 1.82) is 0 Å². The number of hydrogen-bond acceptors (Lipinski definition) is 6. The van der Waals surface area contributed by atoms with Crippen LogP contribution < -0.4 is 0 Å². The molecule has 0 saturated carbocycles. The van der Waals surface area contributed by atoms with Gasteiger partial charge in [-0.05, 0) is 6.92 Å². The Morgan fingerprint density at radius 1 is 0.950 bits per heavy atom. The zero-order valence-corrected chi connectivity index (χ0v) is 12.6. The maximum Gasteiger partial charge on any atom is 0.303 e. The number of rotatable bonds is 8. The third-order valence-electron chi connectivity index (χ3n) is 2.62. The Balaban J connectivity index is 5.14. The number of hydrogen-bond donors (Lipinski definition) is 0. The van der Waals surface area contributed by atoms with Crippen molar-refractivity contribution in [1.82, 2.24) is 0 Å². The summed E-state index contributed by atoms with van der Waals surface area (Å²) in [5, 5.41) is 0. The molecule has 0 amide bonds. The third kappa shape index (κ3) is 7.01. The van der Waals surface area contributed by atoms with Crippen molar-refractivity contribution in [2.75, 3.05) is 6.61 Å². The summed E-state index contributed by atoms with van der Waals surface area (Å²) >= 11 is 0. The first-order valence-electron chi connectivity index (χ1n) is 6.48. The maximum absolute atomic E-state index is 12.1. The average molecular weight is 286 g/mol. The molecule has 114 valence electrons. The van der Waals surface area contributed by atoms with E-state index >= 15 is 0 Å². The predicted octanol–water partition coefficient (Wildman–Crippen LogP) is 1.30. The van der Waals surface area contributed by atoms with Crippen molar-refractivity contribution in [2.24, 2.45) is 11.8 Å². The van der Waals surface area contributed by atoms with Crippen molar-refractivity contribution in [3.63, 3.8) is 0 Å². The van der Waals surface area contributed by atoms with Crippen molar-refractivity contribution < 1.29 is 28.7 Å². The molecule has 0 aliphatic carbocycles. The van der Waals surface area contributed by atoms with Crippen LogP contribution in [0, 0.1) is 11.8 Å². The Morgan fingerprint density at radius 2 is 1.50 bits per heavy atom. The second-order valence-electron chi connectivity index (χ2n) is 5.06. The van der Waals surface area contributed by atoms with Crippen LogP contribution in [0.3, 0.4) is 0 Å². The highest BCUT2D eigenvalue weighted by atomic mass is 16.6. The fourth-order valence-electron chi connectivity index (χ4n) is 1.74. The molecule has 0 aliphatic heterocycles. The van der Waals surface area contributed by atoms with Gasteiger partial charge in [0, 0.05) is 32.1 Å². The molecule has 0 aromatic rings. The van der Waals surface area contributed by atoms with Gasteiger partial charge in [0.1, 0.15) is 5.78 Å². The number of carbonyl (C=O) groups excluding carboxylic acids is 4. The average Bonchev–Trinajstić information content (AvgIpc) is 2.29. The minimum Gasteiger partial charge on any atom is -0.465 e. The highest BCUT2D eigenvalue weighted by molar-refractivity contribution is 5.88. The van der Waals surface area contributed by atoms with Gasteiger partial charge in [0.15, 0.2) is 11.9 Å². The summed E-state index contributed by atoms with van der Waals surface area (Å²) in [4.78, 5) is 45.4. The summed E-state index contributed by atoms with van der Waals surface area (Å²) < 4.78 is 9.90. The molecule has 0 aromatic carbocycles. The van der Waals surface area contributed by atoms with Crippen LogP contribution in [0.25, 0.3) is 0 Å². The monoisotopic (exact) mass is 286 g/mol. The zero-order chi connectivity index (χ0) is 15.9. The van der Waals surface area contributed by atoms with E-state index < -0.39 is 24.0 Å². The molecule has 0 heterocycles. The fourth-order valence-corrected chi connectivity index (χ4v) is 1.74. The Morgan fingerprint density at radius 3 is 1.85 bits per heavy atom. The molecule has 0 fully saturated rings. The molecular weight excluding hydrogens is 264 g/mol. The lowest BCUT2D eigenvalue weighted by atomic mass is 9.90. The van der Waals surface area contributed by atoms with Gasteiger partial charge in [-0.2, -0.15) is 0 Å². The molecule has 0 radical (unpaired) electrons. The Bertz CT molecular complexity index is 385. The maximum atomic E-state index is 12.1. The van der Waals surface area contributed by atoms with E-state index in [4.69, 9.17) is 9.47 Å². The summed E-state index contributed by atoms with van der Waals surface area (Å²) in [5.41, 5.74) is 0. The summed E-state index contributed by atoms with van der Waals surface area (Å²) in [6, 6.07) is 0. The quantitative estimate of drug-likeness (QED) is 0.625. The van der Waals surface area contributed by atoms with Crippen molar-refractivity contribution in [3.8, 4) is 0 Å². The molecule has 6 nitrogen and oxygen atoms in total. The first-order chi connectivity index (χ1) is 9.15. The van der Waals surface area contributed by atoms with Crippen LogP contribution in [0.1, 0.15) is 41.0 Å². The van der Waals surface area contributed by atoms with E-state index in [1.165, 1.54) is 20.8 Å². The van der Waals surface area contributed by atoms with Crippen LogP contribution in [0.5, 0.6) is 0 Å². The van der Waals surface area contributed by atoms with Gasteiger partial charge in [0.25, 0.3) is 0 Å². The first-order valence-corrected chi connectivity index (χ1v) is 6.48. The zero-order valence-electron chi connectivity index (χ0n) is 12.6. The van der Waals surface area contributed by atoms with E-state index in [0.29, 0.717) is 0 Å². The number of ether oxygens (including phenoxy) is 2. The second-order valence-corrected chi connectivity index (χ2v) is 5.06. The molecule has 0 bridgehead atoms. The van der Waals surface area contributed by atoms with Crippen LogP contribution in [-0.4, -0.2) is 36.2 Å². The molecule has 0 rings (SSSR count). The van der Waals surface area contributed by atoms with Gasteiger partial charge in [0.2, 0.25) is 0 Å².